The van der Waals surface area contributed by atoms with E-state index >= 15 is 0 Å². The summed E-state index contributed by atoms with van der Waals surface area (Å²) in [5.41, 5.74) is 0.769. The molecule has 1 fully saturated rings. The zero-order valence-electron chi connectivity index (χ0n) is 9.80. The molecule has 0 radical (unpaired) electrons. The summed E-state index contributed by atoms with van der Waals surface area (Å²) in [6.07, 6.45) is 2.82. The fourth-order valence-electron chi connectivity index (χ4n) is 2.18. The van der Waals surface area contributed by atoms with E-state index in [2.05, 4.69) is 32.9 Å². The van der Waals surface area contributed by atoms with Crippen LogP contribution in [-0.2, 0) is 0 Å². The van der Waals surface area contributed by atoms with Gasteiger partial charge in [0.2, 0.25) is 0 Å². The molecular weight excluding hydrogens is 216 g/mol. The predicted molar refractivity (Wildman–Crippen MR) is 64.8 cm³/mol. The maximum atomic E-state index is 4.42. The Balaban J connectivity index is 1.79. The van der Waals surface area contributed by atoms with Crippen LogP contribution in [0.1, 0.15) is 13.3 Å². The van der Waals surface area contributed by atoms with Gasteiger partial charge in [0.25, 0.3) is 0 Å². The third kappa shape index (κ3) is 2.08. The van der Waals surface area contributed by atoms with Gasteiger partial charge in [-0.25, -0.2) is 0 Å². The van der Waals surface area contributed by atoms with Crippen molar-refractivity contribution in [1.82, 2.24) is 25.1 Å². The molecule has 6 nitrogen and oxygen atoms in total. The Morgan fingerprint density at radius 1 is 1.47 bits per heavy atom. The van der Waals surface area contributed by atoms with Gasteiger partial charge in [-0.15, -0.1) is 15.3 Å². The highest BCUT2D eigenvalue weighted by Crippen LogP contribution is 2.16. The van der Waals surface area contributed by atoms with Crippen molar-refractivity contribution in [1.29, 1.82) is 0 Å². The number of rotatable bonds is 2. The van der Waals surface area contributed by atoms with Crippen LogP contribution < -0.4 is 10.6 Å². The van der Waals surface area contributed by atoms with Crippen molar-refractivity contribution in [3.63, 3.8) is 0 Å². The number of aromatic nitrogens is 4. The van der Waals surface area contributed by atoms with E-state index in [1.54, 1.807) is 10.8 Å². The number of hydrogen-bond acceptors (Lipinski definition) is 5. The molecule has 0 aliphatic carbocycles. The summed E-state index contributed by atoms with van der Waals surface area (Å²) in [6.45, 7) is 4.37. The standard InChI is InChI=1S/C11H16N6/c1-8-4-5-12-6-9(8)14-10-2-3-11-15-13-7-17(11)16-10/h2-3,7-9,12H,4-6H2,1H3,(H,14,16). The molecule has 1 saturated heterocycles. The van der Waals surface area contributed by atoms with Crippen LogP contribution in [0.15, 0.2) is 18.5 Å². The van der Waals surface area contributed by atoms with Crippen molar-refractivity contribution < 1.29 is 0 Å². The fraction of sp³-hybridized carbons (Fsp3) is 0.545. The summed E-state index contributed by atoms with van der Waals surface area (Å²) >= 11 is 0. The SMILES string of the molecule is CC1CCNCC1Nc1ccc2nncn2n1. The van der Waals surface area contributed by atoms with Gasteiger partial charge in [-0.3, -0.25) is 0 Å². The van der Waals surface area contributed by atoms with E-state index < -0.39 is 0 Å². The Morgan fingerprint density at radius 3 is 3.29 bits per heavy atom. The van der Waals surface area contributed by atoms with E-state index in [9.17, 15) is 0 Å². The zero-order chi connectivity index (χ0) is 11.7. The van der Waals surface area contributed by atoms with Gasteiger partial charge >= 0.3 is 0 Å². The van der Waals surface area contributed by atoms with Crippen LogP contribution in [0.5, 0.6) is 0 Å². The minimum Gasteiger partial charge on any atom is -0.364 e. The molecule has 2 N–H and O–H groups in total. The van der Waals surface area contributed by atoms with Gasteiger partial charge in [0, 0.05) is 12.6 Å². The van der Waals surface area contributed by atoms with Gasteiger partial charge in [0.15, 0.2) is 5.65 Å². The minimum absolute atomic E-state index is 0.435. The Labute approximate surface area is 99.4 Å². The Hall–Kier alpha value is -1.69. The Bertz CT molecular complexity index is 507. The first-order chi connectivity index (χ1) is 8.33. The molecule has 90 valence electrons. The van der Waals surface area contributed by atoms with Crippen LogP contribution in [0, 0.1) is 5.92 Å². The lowest BCUT2D eigenvalue weighted by molar-refractivity contribution is 0.365. The minimum atomic E-state index is 0.435. The Kier molecular flexibility index (Phi) is 2.64. The third-order valence-corrected chi connectivity index (χ3v) is 3.32. The van der Waals surface area contributed by atoms with E-state index in [1.165, 1.54) is 6.42 Å². The second-order valence-corrected chi connectivity index (χ2v) is 4.57. The lowest BCUT2D eigenvalue weighted by Crippen LogP contribution is -2.44. The molecule has 0 bridgehead atoms. The van der Waals surface area contributed by atoms with Crippen molar-refractivity contribution in [3.8, 4) is 0 Å². The fourth-order valence-corrected chi connectivity index (χ4v) is 2.18. The molecule has 0 spiro atoms. The summed E-state index contributed by atoms with van der Waals surface area (Å²) in [5, 5.41) is 19.0. The number of hydrogen-bond donors (Lipinski definition) is 2. The largest absolute Gasteiger partial charge is 0.364 e. The first-order valence-corrected chi connectivity index (χ1v) is 5.97. The molecule has 3 rings (SSSR count). The monoisotopic (exact) mass is 232 g/mol. The lowest BCUT2D eigenvalue weighted by atomic mass is 9.95. The van der Waals surface area contributed by atoms with E-state index in [1.807, 2.05) is 12.1 Å². The van der Waals surface area contributed by atoms with E-state index in [0.717, 1.165) is 24.6 Å². The van der Waals surface area contributed by atoms with E-state index in [4.69, 9.17) is 0 Å². The maximum Gasteiger partial charge on any atom is 0.177 e. The van der Waals surface area contributed by atoms with Crippen LogP contribution in [0.3, 0.4) is 0 Å². The molecule has 1 aliphatic heterocycles. The Morgan fingerprint density at radius 2 is 2.41 bits per heavy atom. The summed E-state index contributed by atoms with van der Waals surface area (Å²) in [4.78, 5) is 0. The zero-order valence-corrected chi connectivity index (χ0v) is 9.80. The van der Waals surface area contributed by atoms with Crippen LogP contribution in [0.25, 0.3) is 5.65 Å². The van der Waals surface area contributed by atoms with Crippen LogP contribution in [0.2, 0.25) is 0 Å². The number of nitrogens with one attached hydrogen (secondary N) is 2. The van der Waals surface area contributed by atoms with Gasteiger partial charge in [-0.1, -0.05) is 6.92 Å². The normalized spacial score (nSPS) is 25.0. The molecule has 2 unspecified atom stereocenters. The van der Waals surface area contributed by atoms with Crippen molar-refractivity contribution in [2.45, 2.75) is 19.4 Å². The van der Waals surface area contributed by atoms with Crippen molar-refractivity contribution in [2.24, 2.45) is 5.92 Å². The van der Waals surface area contributed by atoms with Crippen molar-refractivity contribution >= 4 is 11.5 Å². The summed E-state index contributed by atoms with van der Waals surface area (Å²) in [5.74, 6) is 1.53. The van der Waals surface area contributed by atoms with Crippen LogP contribution in [-0.4, -0.2) is 38.9 Å². The second kappa shape index (κ2) is 4.29. The first kappa shape index (κ1) is 10.5. The summed E-state index contributed by atoms with van der Waals surface area (Å²) in [7, 11) is 0. The average molecular weight is 232 g/mol. The van der Waals surface area contributed by atoms with E-state index in [0.29, 0.717) is 12.0 Å². The number of nitrogens with zero attached hydrogens (tertiary/aromatic N) is 4. The lowest BCUT2D eigenvalue weighted by Gasteiger charge is -2.30. The quantitative estimate of drug-likeness (QED) is 0.790. The smallest absolute Gasteiger partial charge is 0.177 e. The van der Waals surface area contributed by atoms with Crippen LogP contribution in [0.4, 0.5) is 5.82 Å². The van der Waals surface area contributed by atoms with Gasteiger partial charge in [0.05, 0.1) is 0 Å². The molecular formula is C11H16N6. The predicted octanol–water partition coefficient (Wildman–Crippen LogP) is 0.534. The van der Waals surface area contributed by atoms with Gasteiger partial charge in [-0.05, 0) is 31.0 Å². The molecule has 2 aromatic heterocycles. The average Bonchev–Trinajstić information content (AvgIpc) is 2.79. The van der Waals surface area contributed by atoms with Gasteiger partial charge in [0.1, 0.15) is 12.1 Å². The van der Waals surface area contributed by atoms with Gasteiger partial charge < -0.3 is 10.6 Å². The highest BCUT2D eigenvalue weighted by Gasteiger charge is 2.21. The highest BCUT2D eigenvalue weighted by molar-refractivity contribution is 5.43. The van der Waals surface area contributed by atoms with Crippen molar-refractivity contribution in [3.05, 3.63) is 18.5 Å². The first-order valence-electron chi connectivity index (χ1n) is 5.97. The molecule has 2 aromatic rings. The molecule has 3 heterocycles. The van der Waals surface area contributed by atoms with E-state index in [-0.39, 0.29) is 0 Å². The molecule has 17 heavy (non-hydrogen) atoms. The molecule has 1 aliphatic rings. The highest BCUT2D eigenvalue weighted by atomic mass is 15.4. The maximum absolute atomic E-state index is 4.42. The molecule has 0 aromatic carbocycles. The molecule has 0 amide bonds. The molecule has 0 saturated carbocycles. The third-order valence-electron chi connectivity index (χ3n) is 3.32. The van der Waals surface area contributed by atoms with Crippen molar-refractivity contribution in [2.75, 3.05) is 18.4 Å². The molecule has 2 atom stereocenters. The topological polar surface area (TPSA) is 67.1 Å². The second-order valence-electron chi connectivity index (χ2n) is 4.57. The molecule has 6 heteroatoms. The van der Waals surface area contributed by atoms with Gasteiger partial charge in [-0.2, -0.15) is 4.52 Å². The number of piperidine rings is 1. The summed E-state index contributed by atoms with van der Waals surface area (Å²) in [6, 6.07) is 4.30. The number of fused-ring (bicyclic) bond motifs is 1. The number of anilines is 1. The van der Waals surface area contributed by atoms with Crippen LogP contribution >= 0.6 is 0 Å². The summed E-state index contributed by atoms with van der Waals surface area (Å²) < 4.78 is 1.68.